The van der Waals surface area contributed by atoms with Crippen LogP contribution in [0.3, 0.4) is 0 Å². The molecular formula is C35H38Cl2F2N3O6+. The number of likely N-dealkylation sites (N-methyl/N-ethyl adjacent to an activating group) is 1. The summed E-state index contributed by atoms with van der Waals surface area (Å²) in [7, 11) is 2.02. The highest BCUT2D eigenvalue weighted by atomic mass is 35.5. The lowest BCUT2D eigenvalue weighted by atomic mass is 10.0. The van der Waals surface area contributed by atoms with Crippen LogP contribution in [0.2, 0.25) is 10.0 Å². The molecule has 0 spiro atoms. The average Bonchev–Trinajstić information content (AvgIpc) is 4.00. The van der Waals surface area contributed by atoms with Gasteiger partial charge < -0.3 is 28.7 Å². The number of carbonyl (C=O) groups is 2. The number of hydrogen-bond donors (Lipinski definition) is 0. The Hall–Kier alpha value is -3.67. The van der Waals surface area contributed by atoms with Gasteiger partial charge in [-0.05, 0) is 80.5 Å². The van der Waals surface area contributed by atoms with E-state index in [-0.39, 0.29) is 29.4 Å². The van der Waals surface area contributed by atoms with Crippen LogP contribution in [0.4, 0.5) is 8.78 Å². The van der Waals surface area contributed by atoms with Crippen molar-refractivity contribution in [1.82, 2.24) is 9.80 Å². The molecule has 1 N–H and O–H groups in total. The number of carbonyl (C=O) groups excluding carboxylic acids is 2. The van der Waals surface area contributed by atoms with E-state index in [9.17, 15) is 18.4 Å². The molecule has 48 heavy (non-hydrogen) atoms. The molecule has 0 bridgehead atoms. The summed E-state index contributed by atoms with van der Waals surface area (Å²) in [6.07, 6.45) is 6.34. The summed E-state index contributed by atoms with van der Waals surface area (Å²) in [6.45, 7) is 0.481. The smallest absolute Gasteiger partial charge is 0.387 e. The predicted molar refractivity (Wildman–Crippen MR) is 174 cm³/mol. The van der Waals surface area contributed by atoms with Gasteiger partial charge in [-0.2, -0.15) is 8.78 Å². The second kappa shape index (κ2) is 15.3. The van der Waals surface area contributed by atoms with E-state index < -0.39 is 18.7 Å². The van der Waals surface area contributed by atoms with Crippen LogP contribution in [-0.2, 0) is 11.2 Å². The Morgan fingerprint density at radius 2 is 1.52 bits per heavy atom. The largest absolute Gasteiger partial charge is 0.492 e. The highest BCUT2D eigenvalue weighted by molar-refractivity contribution is 6.35. The van der Waals surface area contributed by atoms with Gasteiger partial charge in [-0.1, -0.05) is 29.3 Å². The third-order valence-electron chi connectivity index (χ3n) is 8.77. The van der Waals surface area contributed by atoms with E-state index in [2.05, 4.69) is 9.88 Å². The number of H-pyrrole nitrogens is 1. The lowest BCUT2D eigenvalue weighted by molar-refractivity contribution is -0.377. The van der Waals surface area contributed by atoms with Crippen LogP contribution >= 0.6 is 23.2 Å². The van der Waals surface area contributed by atoms with Crippen LogP contribution in [0.15, 0.2) is 48.8 Å². The molecule has 2 aliphatic carbocycles. The van der Waals surface area contributed by atoms with Crippen LogP contribution in [-0.4, -0.2) is 74.7 Å². The minimum absolute atomic E-state index is 0.0697. The maximum Gasteiger partial charge on any atom is 0.387 e. The zero-order valence-corrected chi connectivity index (χ0v) is 28.1. The number of aromatic nitrogens is 1. The molecule has 2 saturated carbocycles. The highest BCUT2D eigenvalue weighted by Crippen LogP contribution is 2.38. The highest BCUT2D eigenvalue weighted by Gasteiger charge is 2.29. The van der Waals surface area contributed by atoms with Gasteiger partial charge in [0.1, 0.15) is 21.9 Å². The van der Waals surface area contributed by atoms with E-state index in [0.29, 0.717) is 70.6 Å². The van der Waals surface area contributed by atoms with Crippen molar-refractivity contribution in [3.05, 3.63) is 81.1 Å². The van der Waals surface area contributed by atoms with Crippen LogP contribution in [0.5, 0.6) is 17.2 Å². The third-order valence-corrected chi connectivity index (χ3v) is 9.45. The zero-order valence-electron chi connectivity index (χ0n) is 26.6. The Labute approximate surface area is 288 Å². The van der Waals surface area contributed by atoms with Crippen LogP contribution < -0.4 is 19.2 Å². The van der Waals surface area contributed by atoms with Gasteiger partial charge in [-0.25, -0.2) is 9.78 Å². The number of piperazine rings is 1. The Morgan fingerprint density at radius 1 is 0.875 bits per heavy atom. The first-order valence-electron chi connectivity index (χ1n) is 16.2. The van der Waals surface area contributed by atoms with Gasteiger partial charge in [0, 0.05) is 38.2 Å². The molecule has 1 amide bonds. The number of nitrogens with zero attached hydrogens (tertiary/aromatic N) is 2. The van der Waals surface area contributed by atoms with Crippen LogP contribution in [0, 0.1) is 11.8 Å². The number of nitrogens with one attached hydrogen (secondary N) is 1. The topological polar surface area (TPSA) is 91.7 Å². The molecule has 1 aliphatic heterocycles. The molecule has 2 aromatic carbocycles. The normalized spacial score (nSPS) is 17.2. The minimum Gasteiger partial charge on any atom is -0.492 e. The summed E-state index contributed by atoms with van der Waals surface area (Å²) >= 11 is 13.0. The molecule has 9 nitrogen and oxygen atoms in total. The van der Waals surface area contributed by atoms with Crippen molar-refractivity contribution in [1.29, 1.82) is 0 Å². The van der Waals surface area contributed by atoms with Gasteiger partial charge in [0.05, 0.1) is 24.3 Å². The number of ether oxygens (including phenoxy) is 4. The maximum absolute atomic E-state index is 13.8. The lowest BCUT2D eigenvalue weighted by Crippen LogP contribution is -2.47. The van der Waals surface area contributed by atoms with E-state index >= 15 is 0 Å². The molecule has 1 aromatic heterocycles. The Morgan fingerprint density at radius 3 is 2.15 bits per heavy atom. The number of esters is 1. The number of aromatic amines is 1. The number of rotatable bonds is 14. The van der Waals surface area contributed by atoms with E-state index in [1.165, 1.54) is 12.1 Å². The fraction of sp³-hybridized carbons (Fsp3) is 0.457. The third kappa shape index (κ3) is 8.86. The second-order valence-corrected chi connectivity index (χ2v) is 13.4. The van der Waals surface area contributed by atoms with Gasteiger partial charge in [0.15, 0.2) is 23.9 Å². The summed E-state index contributed by atoms with van der Waals surface area (Å²) in [5.41, 5.74) is 1.55. The first kappa shape index (κ1) is 34.2. The van der Waals surface area contributed by atoms with Gasteiger partial charge in [-0.3, -0.25) is 4.79 Å². The Bertz CT molecular complexity index is 1610. The van der Waals surface area contributed by atoms with Crippen molar-refractivity contribution in [3.8, 4) is 17.2 Å². The van der Waals surface area contributed by atoms with Gasteiger partial charge >= 0.3 is 12.6 Å². The predicted octanol–water partition coefficient (Wildman–Crippen LogP) is 6.51. The zero-order chi connectivity index (χ0) is 33.8. The van der Waals surface area contributed by atoms with Gasteiger partial charge in [-0.15, -0.1) is 0 Å². The van der Waals surface area contributed by atoms with Crippen molar-refractivity contribution >= 4 is 35.1 Å². The second-order valence-electron chi connectivity index (χ2n) is 12.6. The summed E-state index contributed by atoms with van der Waals surface area (Å²) in [6, 6.07) is 9.15. The fourth-order valence-electron chi connectivity index (χ4n) is 5.42. The van der Waals surface area contributed by atoms with E-state index in [1.807, 2.05) is 7.05 Å². The quantitative estimate of drug-likeness (QED) is 0.177. The first-order chi connectivity index (χ1) is 23.1. The first-order valence-corrected chi connectivity index (χ1v) is 16.9. The molecule has 256 valence electrons. The molecule has 3 fully saturated rings. The van der Waals surface area contributed by atoms with Gasteiger partial charge in [0.25, 0.3) is 5.91 Å². The molecule has 1 saturated heterocycles. The number of pyridine rings is 1. The monoisotopic (exact) mass is 704 g/mol. The number of hydrogen-bond acceptors (Lipinski definition) is 7. The molecule has 3 aliphatic rings. The Kier molecular flexibility index (Phi) is 10.9. The van der Waals surface area contributed by atoms with Crippen molar-refractivity contribution in [2.24, 2.45) is 11.8 Å². The lowest BCUT2D eigenvalue weighted by Gasteiger charge is -2.32. The van der Waals surface area contributed by atoms with E-state index in [4.69, 9.17) is 42.1 Å². The maximum atomic E-state index is 13.8. The number of amides is 1. The van der Waals surface area contributed by atoms with Crippen molar-refractivity contribution in [2.75, 3.05) is 46.4 Å². The van der Waals surface area contributed by atoms with Crippen LogP contribution in [0.25, 0.3) is 0 Å². The molecule has 0 unspecified atom stereocenters. The Balaban J connectivity index is 1.29. The molecular weight excluding hydrogens is 667 g/mol. The fourth-order valence-corrected chi connectivity index (χ4v) is 5.95. The molecule has 3 aromatic rings. The number of halogens is 4. The van der Waals surface area contributed by atoms with Crippen molar-refractivity contribution in [3.63, 3.8) is 0 Å². The molecule has 0 radical (unpaired) electrons. The number of benzene rings is 2. The van der Waals surface area contributed by atoms with E-state index in [1.54, 1.807) is 41.6 Å². The molecule has 13 heteroatoms. The summed E-state index contributed by atoms with van der Waals surface area (Å²) < 4.78 is 49.3. The van der Waals surface area contributed by atoms with Crippen molar-refractivity contribution < 1.29 is 42.3 Å². The summed E-state index contributed by atoms with van der Waals surface area (Å²) in [5.74, 6) is 0.250. The number of alkyl halides is 2. The summed E-state index contributed by atoms with van der Waals surface area (Å²) in [4.78, 5) is 34.2. The van der Waals surface area contributed by atoms with E-state index in [0.717, 1.165) is 38.8 Å². The minimum atomic E-state index is -3.05. The molecule has 1 atom stereocenters. The average molecular weight is 706 g/mol. The van der Waals surface area contributed by atoms with Gasteiger partial charge in [0.2, 0.25) is 0 Å². The molecule has 6 rings (SSSR count). The molecule has 2 heterocycles. The standard InChI is InChI=1S/C35H37Cl2F2N3O6/c1-41-10-12-42(13-11-41)33(43)25-8-6-24(15-31(25)45-19-21-2-3-21)34(44)47-30(16-26-27(36)17-40-18-28(26)37)23-7-9-29(48-35(38)39)32(14-23)46-20-22-4-5-22/h6-9,14-15,17-18,21-22,30,35H,2-5,10-13,16,19-20H2,1H3/p+1/t30-/m0/s1. The SMILES string of the molecule is CN1CCN(C(=O)c2ccc(C(=O)O[C@@H](Cc3c(Cl)c[nH+]cc3Cl)c3ccc(OC(F)F)c(OCC4CC4)c3)cc2OCC2CC2)CC1. The van der Waals surface area contributed by atoms with Crippen molar-refractivity contribution in [2.45, 2.75) is 44.8 Å². The van der Waals surface area contributed by atoms with Crippen LogP contribution in [0.1, 0.15) is 63.6 Å². The summed E-state index contributed by atoms with van der Waals surface area (Å²) in [5, 5.41) is 0.655.